The zero-order valence-electron chi connectivity index (χ0n) is 18.1. The molecular formula is C25H28N2O5. The van der Waals surface area contributed by atoms with Crippen molar-refractivity contribution in [3.63, 3.8) is 0 Å². The molecule has 7 heteroatoms. The van der Waals surface area contributed by atoms with E-state index in [4.69, 9.17) is 9.84 Å². The molecule has 2 N–H and O–H groups in total. The minimum absolute atomic E-state index is 0.0203. The fourth-order valence-electron chi connectivity index (χ4n) is 4.89. The second kappa shape index (κ2) is 9.42. The number of rotatable bonds is 7. The summed E-state index contributed by atoms with van der Waals surface area (Å²) in [6, 6.07) is 16.4. The first-order valence-electron chi connectivity index (χ1n) is 11.0. The Kier molecular flexibility index (Phi) is 6.44. The average molecular weight is 437 g/mol. The number of hydrogen-bond acceptors (Lipinski definition) is 4. The maximum atomic E-state index is 12.5. The minimum Gasteiger partial charge on any atom is -0.480 e. The van der Waals surface area contributed by atoms with E-state index in [0.29, 0.717) is 12.8 Å². The van der Waals surface area contributed by atoms with Crippen LogP contribution >= 0.6 is 0 Å². The van der Waals surface area contributed by atoms with Gasteiger partial charge < -0.3 is 20.1 Å². The van der Waals surface area contributed by atoms with Crippen molar-refractivity contribution in [1.82, 2.24) is 10.2 Å². The Bertz CT molecular complexity index is 975. The quantitative estimate of drug-likeness (QED) is 0.691. The SMILES string of the molecule is CN(CC(=O)O)C(=O)C[C@H]1CC[C@@H](NC(=O)OCC2c3ccccc3-c3ccccc32)C1. The fourth-order valence-corrected chi connectivity index (χ4v) is 4.89. The Labute approximate surface area is 187 Å². The first-order valence-corrected chi connectivity index (χ1v) is 11.0. The topological polar surface area (TPSA) is 95.9 Å². The van der Waals surface area contributed by atoms with Crippen LogP contribution in [0.3, 0.4) is 0 Å². The molecule has 2 aromatic carbocycles. The molecule has 2 aromatic rings. The lowest BCUT2D eigenvalue weighted by Gasteiger charge is -2.18. The Morgan fingerprint density at radius 1 is 1.03 bits per heavy atom. The minimum atomic E-state index is -1.03. The van der Waals surface area contributed by atoms with Gasteiger partial charge in [0.05, 0.1) is 0 Å². The smallest absolute Gasteiger partial charge is 0.407 e. The molecule has 4 rings (SSSR count). The van der Waals surface area contributed by atoms with Crippen LogP contribution in [0, 0.1) is 5.92 Å². The van der Waals surface area contributed by atoms with Crippen molar-refractivity contribution in [1.29, 1.82) is 0 Å². The van der Waals surface area contributed by atoms with E-state index in [1.165, 1.54) is 34.2 Å². The number of amides is 2. The van der Waals surface area contributed by atoms with Gasteiger partial charge in [-0.15, -0.1) is 0 Å². The number of alkyl carbamates (subject to hydrolysis) is 1. The molecular weight excluding hydrogens is 408 g/mol. The van der Waals surface area contributed by atoms with Crippen LogP contribution in [0.15, 0.2) is 48.5 Å². The zero-order valence-corrected chi connectivity index (χ0v) is 18.1. The van der Waals surface area contributed by atoms with Crippen LogP contribution in [-0.4, -0.2) is 54.2 Å². The number of aliphatic carboxylic acids is 1. The highest BCUT2D eigenvalue weighted by Crippen LogP contribution is 2.44. The maximum Gasteiger partial charge on any atom is 0.407 e. The highest BCUT2D eigenvalue weighted by molar-refractivity contribution is 5.81. The standard InChI is InChI=1S/C25H28N2O5/c1-27(14-24(29)30)23(28)13-16-10-11-17(12-16)26-25(31)32-15-22-20-8-4-2-6-18(20)19-7-3-5-9-21(19)22/h2-9,16-17,22H,10-15H2,1H3,(H,26,31)(H,29,30)/t16-,17+/m0/s1. The molecule has 2 atom stereocenters. The van der Waals surface area contributed by atoms with Crippen LogP contribution in [0.25, 0.3) is 11.1 Å². The highest BCUT2D eigenvalue weighted by Gasteiger charge is 2.31. The molecule has 0 saturated heterocycles. The van der Waals surface area contributed by atoms with Crippen molar-refractivity contribution in [3.05, 3.63) is 59.7 Å². The molecule has 1 saturated carbocycles. The summed E-state index contributed by atoms with van der Waals surface area (Å²) in [6.45, 7) is -0.0263. The second-order valence-electron chi connectivity index (χ2n) is 8.69. The summed E-state index contributed by atoms with van der Waals surface area (Å²) < 4.78 is 5.61. The van der Waals surface area contributed by atoms with Gasteiger partial charge in [0.15, 0.2) is 0 Å². The molecule has 0 unspecified atom stereocenters. The first kappa shape index (κ1) is 21.9. The molecule has 2 aliphatic rings. The van der Waals surface area contributed by atoms with Gasteiger partial charge in [-0.1, -0.05) is 48.5 Å². The van der Waals surface area contributed by atoms with Gasteiger partial charge in [-0.05, 0) is 47.4 Å². The molecule has 0 spiro atoms. The van der Waals surface area contributed by atoms with Crippen molar-refractivity contribution >= 4 is 18.0 Å². The van der Waals surface area contributed by atoms with Gasteiger partial charge in [0.2, 0.25) is 5.91 Å². The lowest BCUT2D eigenvalue weighted by molar-refractivity contribution is -0.143. The van der Waals surface area contributed by atoms with E-state index >= 15 is 0 Å². The molecule has 168 valence electrons. The lowest BCUT2D eigenvalue weighted by Crippen LogP contribution is -2.35. The van der Waals surface area contributed by atoms with Crippen LogP contribution in [0.2, 0.25) is 0 Å². The van der Waals surface area contributed by atoms with Crippen LogP contribution in [0.1, 0.15) is 42.7 Å². The molecule has 0 aliphatic heterocycles. The number of nitrogens with zero attached hydrogens (tertiary/aromatic N) is 1. The largest absolute Gasteiger partial charge is 0.480 e. The van der Waals surface area contributed by atoms with Crippen LogP contribution in [0.4, 0.5) is 4.79 Å². The van der Waals surface area contributed by atoms with Crippen LogP contribution in [0.5, 0.6) is 0 Å². The zero-order chi connectivity index (χ0) is 22.7. The average Bonchev–Trinajstić information content (AvgIpc) is 3.33. The summed E-state index contributed by atoms with van der Waals surface area (Å²) in [5.41, 5.74) is 4.72. The Balaban J connectivity index is 1.27. The molecule has 2 amide bonds. The van der Waals surface area contributed by atoms with Crippen molar-refractivity contribution in [3.8, 4) is 11.1 Å². The second-order valence-corrected chi connectivity index (χ2v) is 8.69. The summed E-state index contributed by atoms with van der Waals surface area (Å²) in [5, 5.41) is 11.8. The van der Waals surface area contributed by atoms with E-state index in [1.807, 2.05) is 24.3 Å². The third kappa shape index (κ3) is 4.77. The number of likely N-dealkylation sites (N-methyl/N-ethyl adjacent to an activating group) is 1. The summed E-state index contributed by atoms with van der Waals surface area (Å²) in [4.78, 5) is 36.6. The number of carboxylic acids is 1. The predicted octanol–water partition coefficient (Wildman–Crippen LogP) is 3.63. The lowest BCUT2D eigenvalue weighted by atomic mass is 9.98. The Hall–Kier alpha value is -3.35. The van der Waals surface area contributed by atoms with E-state index < -0.39 is 12.1 Å². The molecule has 2 aliphatic carbocycles. The monoisotopic (exact) mass is 436 g/mol. The van der Waals surface area contributed by atoms with Crippen LogP contribution in [-0.2, 0) is 14.3 Å². The van der Waals surface area contributed by atoms with Crippen molar-refractivity contribution in [2.45, 2.75) is 37.6 Å². The fraction of sp³-hybridized carbons (Fsp3) is 0.400. The maximum absolute atomic E-state index is 12.5. The third-order valence-electron chi connectivity index (χ3n) is 6.47. The molecule has 0 heterocycles. The number of carbonyl (C=O) groups is 3. The first-order chi connectivity index (χ1) is 15.4. The summed E-state index contributed by atoms with van der Waals surface area (Å²) >= 11 is 0. The third-order valence-corrected chi connectivity index (χ3v) is 6.47. The Morgan fingerprint density at radius 3 is 2.28 bits per heavy atom. The van der Waals surface area contributed by atoms with E-state index in [1.54, 1.807) is 0 Å². The predicted molar refractivity (Wildman–Crippen MR) is 119 cm³/mol. The summed E-state index contributed by atoms with van der Waals surface area (Å²) in [6.07, 6.45) is 2.15. The van der Waals surface area contributed by atoms with Gasteiger partial charge in [0.25, 0.3) is 0 Å². The van der Waals surface area contributed by atoms with E-state index in [-0.39, 0.29) is 36.9 Å². The number of hydrogen-bond donors (Lipinski definition) is 2. The number of carbonyl (C=O) groups excluding carboxylic acids is 2. The normalized spacial score (nSPS) is 19.2. The van der Waals surface area contributed by atoms with Crippen LogP contribution < -0.4 is 5.32 Å². The Morgan fingerprint density at radius 2 is 1.66 bits per heavy atom. The molecule has 7 nitrogen and oxygen atoms in total. The van der Waals surface area contributed by atoms with Gasteiger partial charge in [0.1, 0.15) is 13.2 Å². The van der Waals surface area contributed by atoms with Gasteiger partial charge in [0, 0.05) is 25.4 Å². The van der Waals surface area contributed by atoms with Crippen molar-refractivity contribution < 1.29 is 24.2 Å². The molecule has 0 radical (unpaired) electrons. The number of ether oxygens (including phenoxy) is 1. The van der Waals surface area contributed by atoms with E-state index in [2.05, 4.69) is 29.6 Å². The molecule has 1 fully saturated rings. The van der Waals surface area contributed by atoms with Gasteiger partial charge >= 0.3 is 12.1 Å². The van der Waals surface area contributed by atoms with E-state index in [9.17, 15) is 14.4 Å². The molecule has 0 bridgehead atoms. The summed E-state index contributed by atoms with van der Waals surface area (Å²) in [5.74, 6) is -1.05. The highest BCUT2D eigenvalue weighted by atomic mass is 16.5. The van der Waals surface area contributed by atoms with Gasteiger partial charge in [-0.2, -0.15) is 0 Å². The van der Waals surface area contributed by atoms with Crippen molar-refractivity contribution in [2.75, 3.05) is 20.2 Å². The summed E-state index contributed by atoms with van der Waals surface area (Å²) in [7, 11) is 1.50. The molecule has 0 aromatic heterocycles. The number of nitrogens with one attached hydrogen (secondary N) is 1. The number of benzene rings is 2. The van der Waals surface area contributed by atoms with Gasteiger partial charge in [-0.3, -0.25) is 9.59 Å². The number of carboxylic acid groups (broad SMARTS) is 1. The molecule has 32 heavy (non-hydrogen) atoms. The van der Waals surface area contributed by atoms with Crippen molar-refractivity contribution in [2.24, 2.45) is 5.92 Å². The van der Waals surface area contributed by atoms with Gasteiger partial charge in [-0.25, -0.2) is 4.79 Å². The van der Waals surface area contributed by atoms with E-state index in [0.717, 1.165) is 12.8 Å². The number of fused-ring (bicyclic) bond motifs is 3.